The van der Waals surface area contributed by atoms with Crippen LogP contribution in [-0.4, -0.2) is 19.6 Å². The summed E-state index contributed by atoms with van der Waals surface area (Å²) in [7, 11) is 2.10. The number of likely N-dealkylation sites (N-methyl/N-ethyl adjacent to an activating group) is 1. The normalized spacial score (nSPS) is 12.6. The molecule has 0 aliphatic carbocycles. The van der Waals surface area contributed by atoms with Crippen molar-refractivity contribution in [2.75, 3.05) is 18.5 Å². The predicted octanol–water partition coefficient (Wildman–Crippen LogP) is 2.09. The minimum Gasteiger partial charge on any atom is -0.370 e. The molecule has 0 amide bonds. The van der Waals surface area contributed by atoms with Gasteiger partial charge in [-0.2, -0.15) is 0 Å². The molecule has 14 heavy (non-hydrogen) atoms. The molecule has 1 unspecified atom stereocenters. The molecule has 0 saturated heterocycles. The Hall–Kier alpha value is -1.02. The fraction of sp³-hybridized carbons (Fsp3) is 0.500. The van der Waals surface area contributed by atoms with Crippen LogP contribution in [0.3, 0.4) is 0 Å². The highest BCUT2D eigenvalue weighted by atomic mass is 15.1. The first kappa shape index (κ1) is 11.1. The zero-order valence-corrected chi connectivity index (χ0v) is 9.54. The quantitative estimate of drug-likeness (QED) is 0.794. The third-order valence-electron chi connectivity index (χ3n) is 2.75. The second-order valence-electron chi connectivity index (χ2n) is 3.99. The Morgan fingerprint density at radius 2 is 2.00 bits per heavy atom. The van der Waals surface area contributed by atoms with Crippen molar-refractivity contribution in [1.82, 2.24) is 0 Å². The van der Waals surface area contributed by atoms with Gasteiger partial charge in [0.1, 0.15) is 0 Å². The van der Waals surface area contributed by atoms with Gasteiger partial charge < -0.3 is 10.6 Å². The van der Waals surface area contributed by atoms with E-state index in [9.17, 15) is 0 Å². The third-order valence-corrected chi connectivity index (χ3v) is 2.75. The Morgan fingerprint density at radius 1 is 1.36 bits per heavy atom. The Morgan fingerprint density at radius 3 is 2.57 bits per heavy atom. The van der Waals surface area contributed by atoms with E-state index in [4.69, 9.17) is 5.73 Å². The number of hydrogen-bond acceptors (Lipinski definition) is 2. The van der Waals surface area contributed by atoms with E-state index in [0.717, 1.165) is 0 Å². The molecule has 0 radical (unpaired) electrons. The number of anilines is 1. The molecule has 1 aromatic carbocycles. The average molecular weight is 192 g/mol. The van der Waals surface area contributed by atoms with Gasteiger partial charge >= 0.3 is 0 Å². The molecule has 0 aliphatic heterocycles. The van der Waals surface area contributed by atoms with E-state index >= 15 is 0 Å². The van der Waals surface area contributed by atoms with Crippen LogP contribution < -0.4 is 10.6 Å². The van der Waals surface area contributed by atoms with E-state index in [1.54, 1.807) is 0 Å². The minimum atomic E-state index is 0.385. The van der Waals surface area contributed by atoms with Gasteiger partial charge in [0.15, 0.2) is 0 Å². The summed E-state index contributed by atoms with van der Waals surface area (Å²) in [5.41, 5.74) is 9.53. The van der Waals surface area contributed by atoms with Crippen molar-refractivity contribution in [2.24, 2.45) is 5.73 Å². The van der Waals surface area contributed by atoms with Crippen LogP contribution in [0.5, 0.6) is 0 Å². The third kappa shape index (κ3) is 2.26. The number of hydrogen-bond donors (Lipinski definition) is 1. The fourth-order valence-electron chi connectivity index (χ4n) is 1.49. The van der Waals surface area contributed by atoms with Crippen LogP contribution in [0.2, 0.25) is 0 Å². The Balaban J connectivity index is 2.99. The maximum absolute atomic E-state index is 5.66. The molecule has 1 atom stereocenters. The number of benzene rings is 1. The molecule has 0 aromatic heterocycles. The summed E-state index contributed by atoms with van der Waals surface area (Å²) in [4.78, 5) is 2.24. The van der Waals surface area contributed by atoms with E-state index < -0.39 is 0 Å². The van der Waals surface area contributed by atoms with Gasteiger partial charge in [0, 0.05) is 25.3 Å². The Bertz CT molecular complexity index is 307. The van der Waals surface area contributed by atoms with Gasteiger partial charge in [0.25, 0.3) is 0 Å². The molecule has 78 valence electrons. The lowest BCUT2D eigenvalue weighted by Crippen LogP contribution is -2.35. The molecule has 0 spiro atoms. The average Bonchev–Trinajstić information content (AvgIpc) is 2.19. The van der Waals surface area contributed by atoms with E-state index in [0.29, 0.717) is 12.6 Å². The molecule has 1 aromatic rings. The highest BCUT2D eigenvalue weighted by Gasteiger charge is 2.10. The fourth-order valence-corrected chi connectivity index (χ4v) is 1.49. The number of rotatable bonds is 3. The zero-order valence-electron chi connectivity index (χ0n) is 9.54. The summed E-state index contributed by atoms with van der Waals surface area (Å²) in [5, 5.41) is 0. The summed E-state index contributed by atoms with van der Waals surface area (Å²) in [5.74, 6) is 0. The first-order chi connectivity index (χ1) is 6.56. The lowest BCUT2D eigenvalue weighted by Gasteiger charge is -2.27. The van der Waals surface area contributed by atoms with Crippen molar-refractivity contribution in [3.05, 3.63) is 29.3 Å². The molecule has 2 nitrogen and oxygen atoms in total. The summed E-state index contributed by atoms with van der Waals surface area (Å²) in [6.45, 7) is 7.07. The van der Waals surface area contributed by atoms with Crippen molar-refractivity contribution in [3.8, 4) is 0 Å². The molecule has 0 heterocycles. The molecule has 0 aliphatic rings. The second kappa shape index (κ2) is 4.47. The first-order valence-electron chi connectivity index (χ1n) is 5.06. The molecule has 0 fully saturated rings. The van der Waals surface area contributed by atoms with Crippen LogP contribution in [0, 0.1) is 13.8 Å². The van der Waals surface area contributed by atoms with Crippen molar-refractivity contribution in [1.29, 1.82) is 0 Å². The predicted molar refractivity (Wildman–Crippen MR) is 62.8 cm³/mol. The first-order valence-corrected chi connectivity index (χ1v) is 5.06. The summed E-state index contributed by atoms with van der Waals surface area (Å²) >= 11 is 0. The van der Waals surface area contributed by atoms with Gasteiger partial charge in [-0.1, -0.05) is 12.1 Å². The second-order valence-corrected chi connectivity index (χ2v) is 3.99. The maximum Gasteiger partial charge on any atom is 0.0398 e. The maximum atomic E-state index is 5.66. The van der Waals surface area contributed by atoms with Gasteiger partial charge in [0.05, 0.1) is 0 Å². The highest BCUT2D eigenvalue weighted by Crippen LogP contribution is 2.21. The van der Waals surface area contributed by atoms with Gasteiger partial charge in [-0.25, -0.2) is 0 Å². The van der Waals surface area contributed by atoms with Gasteiger partial charge in [-0.3, -0.25) is 0 Å². The summed E-state index contributed by atoms with van der Waals surface area (Å²) < 4.78 is 0. The van der Waals surface area contributed by atoms with Crippen molar-refractivity contribution >= 4 is 5.69 Å². The van der Waals surface area contributed by atoms with Crippen LogP contribution in [0.1, 0.15) is 18.1 Å². The minimum absolute atomic E-state index is 0.385. The number of aryl methyl sites for hydroxylation is 2. The smallest absolute Gasteiger partial charge is 0.0398 e. The summed E-state index contributed by atoms with van der Waals surface area (Å²) in [6, 6.07) is 6.89. The van der Waals surface area contributed by atoms with Crippen LogP contribution >= 0.6 is 0 Å². The standard InChI is InChI=1S/C12H20N2/c1-9-5-6-10(2)12(7-9)14(4)11(3)8-13/h5-7,11H,8,13H2,1-4H3. The molecule has 0 bridgehead atoms. The molecule has 2 N–H and O–H groups in total. The SMILES string of the molecule is Cc1ccc(C)c(N(C)C(C)CN)c1. The molecular weight excluding hydrogens is 172 g/mol. The zero-order chi connectivity index (χ0) is 10.7. The van der Waals surface area contributed by atoms with Crippen molar-refractivity contribution in [3.63, 3.8) is 0 Å². The van der Waals surface area contributed by atoms with Gasteiger partial charge in [0.2, 0.25) is 0 Å². The Labute approximate surface area is 86.7 Å². The van der Waals surface area contributed by atoms with Gasteiger partial charge in [-0.15, -0.1) is 0 Å². The lowest BCUT2D eigenvalue weighted by molar-refractivity contribution is 0.694. The van der Waals surface area contributed by atoms with Crippen molar-refractivity contribution in [2.45, 2.75) is 26.8 Å². The van der Waals surface area contributed by atoms with E-state index in [1.165, 1.54) is 16.8 Å². The molecule has 2 heteroatoms. The van der Waals surface area contributed by atoms with Crippen LogP contribution in [-0.2, 0) is 0 Å². The molecular formula is C12H20N2. The van der Waals surface area contributed by atoms with E-state index in [1.807, 2.05) is 0 Å². The largest absolute Gasteiger partial charge is 0.370 e. The topological polar surface area (TPSA) is 29.3 Å². The van der Waals surface area contributed by atoms with Gasteiger partial charge in [-0.05, 0) is 38.0 Å². The van der Waals surface area contributed by atoms with E-state index in [-0.39, 0.29) is 0 Å². The molecule has 0 saturated carbocycles. The van der Waals surface area contributed by atoms with Crippen LogP contribution in [0.4, 0.5) is 5.69 Å². The van der Waals surface area contributed by atoms with Crippen molar-refractivity contribution < 1.29 is 0 Å². The van der Waals surface area contributed by atoms with E-state index in [2.05, 4.69) is 50.9 Å². The highest BCUT2D eigenvalue weighted by molar-refractivity contribution is 5.55. The Kier molecular flexibility index (Phi) is 3.53. The number of nitrogens with zero attached hydrogens (tertiary/aromatic N) is 1. The number of nitrogens with two attached hydrogens (primary N) is 1. The molecule has 1 rings (SSSR count). The lowest BCUT2D eigenvalue weighted by atomic mass is 10.1. The monoisotopic (exact) mass is 192 g/mol. The van der Waals surface area contributed by atoms with Crippen LogP contribution in [0.25, 0.3) is 0 Å². The summed E-state index contributed by atoms with van der Waals surface area (Å²) in [6.07, 6.45) is 0. The van der Waals surface area contributed by atoms with Crippen LogP contribution in [0.15, 0.2) is 18.2 Å².